The predicted octanol–water partition coefficient (Wildman–Crippen LogP) is 4.42. The van der Waals surface area contributed by atoms with Crippen LogP contribution in [0.4, 0.5) is 13.2 Å². The maximum Gasteiger partial charge on any atom is 0.391 e. The first-order valence-corrected chi connectivity index (χ1v) is 10.3. The van der Waals surface area contributed by atoms with Gasteiger partial charge in [0.2, 0.25) is 0 Å². The molecular formula is C21H33F3IN3O2. The molecule has 0 aromatic heterocycles. The summed E-state index contributed by atoms with van der Waals surface area (Å²) in [6.45, 7) is 4.61. The van der Waals surface area contributed by atoms with Crippen LogP contribution < -0.4 is 10.6 Å². The van der Waals surface area contributed by atoms with E-state index in [1.165, 1.54) is 0 Å². The Morgan fingerprint density at radius 2 is 1.97 bits per heavy atom. The molecule has 30 heavy (non-hydrogen) atoms. The number of rotatable bonds is 8. The van der Waals surface area contributed by atoms with Gasteiger partial charge in [0.15, 0.2) is 5.96 Å². The van der Waals surface area contributed by atoms with Crippen LogP contribution in [-0.4, -0.2) is 49.1 Å². The number of nitrogens with zero attached hydrogens (tertiary/aromatic N) is 1. The largest absolute Gasteiger partial charge is 0.391 e. The van der Waals surface area contributed by atoms with Crippen molar-refractivity contribution in [2.24, 2.45) is 10.9 Å². The van der Waals surface area contributed by atoms with Gasteiger partial charge in [-0.3, -0.25) is 4.99 Å². The number of aliphatic imine (C=N–C) groups is 1. The van der Waals surface area contributed by atoms with Gasteiger partial charge in [0, 0.05) is 12.6 Å². The molecule has 4 atom stereocenters. The van der Waals surface area contributed by atoms with Crippen LogP contribution in [0.5, 0.6) is 0 Å². The van der Waals surface area contributed by atoms with E-state index in [0.29, 0.717) is 25.3 Å². The minimum absolute atomic E-state index is 0. The van der Waals surface area contributed by atoms with Crippen molar-refractivity contribution in [1.82, 2.24) is 10.6 Å². The van der Waals surface area contributed by atoms with Crippen LogP contribution >= 0.6 is 24.0 Å². The van der Waals surface area contributed by atoms with Crippen LogP contribution in [0.2, 0.25) is 0 Å². The third kappa shape index (κ3) is 9.38. The zero-order valence-corrected chi connectivity index (χ0v) is 19.8. The molecule has 0 bridgehead atoms. The van der Waals surface area contributed by atoms with Crippen LogP contribution in [0, 0.1) is 5.92 Å². The summed E-state index contributed by atoms with van der Waals surface area (Å²) >= 11 is 0. The first kappa shape index (κ1) is 27.0. The van der Waals surface area contributed by atoms with Crippen molar-refractivity contribution in [1.29, 1.82) is 0 Å². The Morgan fingerprint density at radius 3 is 2.60 bits per heavy atom. The highest BCUT2D eigenvalue weighted by atomic mass is 127. The van der Waals surface area contributed by atoms with Gasteiger partial charge < -0.3 is 20.5 Å². The van der Waals surface area contributed by atoms with Gasteiger partial charge >= 0.3 is 6.18 Å². The van der Waals surface area contributed by atoms with Crippen LogP contribution in [0.25, 0.3) is 0 Å². The Balaban J connectivity index is 0.00000450. The van der Waals surface area contributed by atoms with Crippen LogP contribution in [-0.2, 0) is 4.74 Å². The van der Waals surface area contributed by atoms with Gasteiger partial charge in [-0.1, -0.05) is 36.8 Å². The van der Waals surface area contributed by atoms with E-state index in [-0.39, 0.29) is 62.1 Å². The third-order valence-electron chi connectivity index (χ3n) is 5.09. The highest BCUT2D eigenvalue weighted by Crippen LogP contribution is 2.37. The lowest BCUT2D eigenvalue weighted by Gasteiger charge is -2.32. The fourth-order valence-electron chi connectivity index (χ4n) is 3.46. The van der Waals surface area contributed by atoms with E-state index in [0.717, 1.165) is 5.56 Å². The summed E-state index contributed by atoms with van der Waals surface area (Å²) < 4.78 is 44.7. The normalized spacial score (nSPS) is 22.0. The Morgan fingerprint density at radius 1 is 1.27 bits per heavy atom. The molecule has 1 aliphatic carbocycles. The number of hydrogen-bond donors (Lipinski definition) is 3. The second-order valence-electron chi connectivity index (χ2n) is 7.51. The van der Waals surface area contributed by atoms with Crippen molar-refractivity contribution in [3.05, 3.63) is 35.9 Å². The van der Waals surface area contributed by atoms with Crippen molar-refractivity contribution < 1.29 is 23.0 Å². The Hall–Kier alpha value is -1.07. The summed E-state index contributed by atoms with van der Waals surface area (Å²) in [7, 11) is 0. The molecule has 0 radical (unpaired) electrons. The second-order valence-corrected chi connectivity index (χ2v) is 7.51. The standard InChI is InChI=1S/C21H32F3N3O2.HI/c1-3-25-20(27-18-11-7-10-17(12-18)21(22,23)24)26-13-19(28)14-29-15(2)16-8-5-4-6-9-16;/h4-6,8-9,15,17-19,28H,3,7,10-14H2,1-2H3,(H2,25,26,27);1H. The first-order chi connectivity index (χ1) is 13.8. The molecular weight excluding hydrogens is 510 g/mol. The average molecular weight is 543 g/mol. The molecule has 1 aliphatic rings. The van der Waals surface area contributed by atoms with Crippen molar-refractivity contribution in [2.45, 2.75) is 64.0 Å². The third-order valence-corrected chi connectivity index (χ3v) is 5.09. The number of ether oxygens (including phenoxy) is 1. The molecule has 0 spiro atoms. The summed E-state index contributed by atoms with van der Waals surface area (Å²) in [5.74, 6) is -0.842. The molecule has 172 valence electrons. The number of nitrogens with one attached hydrogen (secondary N) is 2. The molecule has 2 rings (SSSR count). The van der Waals surface area contributed by atoms with E-state index >= 15 is 0 Å². The molecule has 0 amide bonds. The lowest BCUT2D eigenvalue weighted by atomic mass is 9.85. The second kappa shape index (κ2) is 13.4. The Labute approximate surface area is 193 Å². The smallest absolute Gasteiger partial charge is 0.389 e. The SMILES string of the molecule is CCNC(=NCC(O)COC(C)c1ccccc1)NC1CCCC(C(F)(F)F)C1.I. The summed E-state index contributed by atoms with van der Waals surface area (Å²) in [5, 5.41) is 16.3. The zero-order chi connectivity index (χ0) is 21.3. The monoisotopic (exact) mass is 543 g/mol. The van der Waals surface area contributed by atoms with Gasteiger partial charge in [-0.2, -0.15) is 13.2 Å². The summed E-state index contributed by atoms with van der Waals surface area (Å²) in [5.41, 5.74) is 1.02. The molecule has 4 unspecified atom stereocenters. The molecule has 0 saturated heterocycles. The van der Waals surface area contributed by atoms with E-state index in [9.17, 15) is 18.3 Å². The molecule has 5 nitrogen and oxygen atoms in total. The molecule has 0 aliphatic heterocycles. The van der Waals surface area contributed by atoms with Gasteiger partial charge in [-0.15, -0.1) is 24.0 Å². The number of guanidine groups is 1. The zero-order valence-electron chi connectivity index (χ0n) is 17.5. The molecule has 3 N–H and O–H groups in total. The quantitative estimate of drug-likeness (QED) is 0.258. The number of aliphatic hydroxyl groups is 1. The van der Waals surface area contributed by atoms with Gasteiger partial charge in [0.05, 0.1) is 31.3 Å². The number of halogens is 4. The Kier molecular flexibility index (Phi) is 12.0. The first-order valence-electron chi connectivity index (χ1n) is 10.3. The van der Waals surface area contributed by atoms with Gasteiger partial charge in [0.1, 0.15) is 0 Å². The van der Waals surface area contributed by atoms with Crippen LogP contribution in [0.3, 0.4) is 0 Å². The van der Waals surface area contributed by atoms with Crippen molar-refractivity contribution in [2.75, 3.05) is 19.7 Å². The van der Waals surface area contributed by atoms with E-state index < -0.39 is 18.2 Å². The van der Waals surface area contributed by atoms with Crippen molar-refractivity contribution >= 4 is 29.9 Å². The van der Waals surface area contributed by atoms with Crippen LogP contribution in [0.1, 0.15) is 51.2 Å². The molecule has 1 aromatic rings. The van der Waals surface area contributed by atoms with Crippen LogP contribution in [0.15, 0.2) is 35.3 Å². The number of alkyl halides is 3. The number of hydrogen-bond acceptors (Lipinski definition) is 3. The lowest BCUT2D eigenvalue weighted by molar-refractivity contribution is -0.183. The Bertz CT molecular complexity index is 632. The van der Waals surface area contributed by atoms with E-state index in [1.54, 1.807) is 0 Å². The predicted molar refractivity (Wildman–Crippen MR) is 123 cm³/mol. The van der Waals surface area contributed by atoms with Gasteiger partial charge in [-0.25, -0.2) is 0 Å². The summed E-state index contributed by atoms with van der Waals surface area (Å²) in [4.78, 5) is 4.33. The fourth-order valence-corrected chi connectivity index (χ4v) is 3.46. The molecule has 9 heteroatoms. The van der Waals surface area contributed by atoms with E-state index in [2.05, 4.69) is 15.6 Å². The topological polar surface area (TPSA) is 65.9 Å². The fraction of sp³-hybridized carbons (Fsp3) is 0.667. The molecule has 1 aromatic carbocycles. The van der Waals surface area contributed by atoms with Gasteiger partial charge in [0.25, 0.3) is 0 Å². The minimum atomic E-state index is -4.15. The highest BCUT2D eigenvalue weighted by molar-refractivity contribution is 14.0. The van der Waals surface area contributed by atoms with Gasteiger partial charge in [-0.05, 0) is 38.7 Å². The average Bonchev–Trinajstić information content (AvgIpc) is 2.70. The molecule has 1 fully saturated rings. The summed E-state index contributed by atoms with van der Waals surface area (Å²) in [6.07, 6.45) is -3.65. The molecule has 1 saturated carbocycles. The number of benzene rings is 1. The van der Waals surface area contributed by atoms with Crippen molar-refractivity contribution in [3.63, 3.8) is 0 Å². The number of aliphatic hydroxyl groups excluding tert-OH is 1. The molecule has 0 heterocycles. The van der Waals surface area contributed by atoms with E-state index in [1.807, 2.05) is 44.2 Å². The van der Waals surface area contributed by atoms with Crippen molar-refractivity contribution in [3.8, 4) is 0 Å². The maximum atomic E-state index is 13.0. The van der Waals surface area contributed by atoms with E-state index in [4.69, 9.17) is 4.74 Å². The highest BCUT2D eigenvalue weighted by Gasteiger charge is 2.42. The summed E-state index contributed by atoms with van der Waals surface area (Å²) in [6, 6.07) is 9.43. The lowest BCUT2D eigenvalue weighted by Crippen LogP contribution is -2.47. The minimum Gasteiger partial charge on any atom is -0.389 e. The maximum absolute atomic E-state index is 13.0.